The van der Waals surface area contributed by atoms with Crippen LogP contribution in [0.5, 0.6) is 0 Å². The number of benzene rings is 1. The lowest BCUT2D eigenvalue weighted by Crippen LogP contribution is -2.46. The Hall–Kier alpha value is -2.95. The molecule has 0 aliphatic rings. The van der Waals surface area contributed by atoms with Crippen molar-refractivity contribution in [2.24, 2.45) is 0 Å². The van der Waals surface area contributed by atoms with Gasteiger partial charge in [0.1, 0.15) is 12.4 Å². The third-order valence-electron chi connectivity index (χ3n) is 3.20. The summed E-state index contributed by atoms with van der Waals surface area (Å²) in [6.07, 6.45) is -4.56. The molecular weight excluding hydrogens is 355 g/mol. The lowest BCUT2D eigenvalue weighted by atomic mass is 10.2. The predicted octanol–water partition coefficient (Wildman–Crippen LogP) is 0.743. The Bertz CT molecular complexity index is 865. The summed E-state index contributed by atoms with van der Waals surface area (Å²) in [6, 6.07) is 5.50. The van der Waals surface area contributed by atoms with Crippen molar-refractivity contribution < 1.29 is 22.8 Å². The van der Waals surface area contributed by atoms with Crippen molar-refractivity contribution in [2.45, 2.75) is 12.7 Å². The fraction of sp³-hybridized carbons (Fsp3) is 0.333. The van der Waals surface area contributed by atoms with Crippen molar-refractivity contribution in [1.82, 2.24) is 25.5 Å². The molecular formula is C15H16F3N5O3. The largest absolute Gasteiger partial charge is 0.405 e. The standard InChI is InChI=1S/C15H16F3N5O3/c1-23(7-12(24)22-14(26)19-8-15(16,17)18)6-11-20-10-5-3-2-4-9(10)13(25)21-11/h2-5H,6-8H2,1H3,(H,20,21,25)(H2,19,22,24,26). The summed E-state index contributed by atoms with van der Waals surface area (Å²) in [6.45, 7) is -1.72. The van der Waals surface area contributed by atoms with Gasteiger partial charge >= 0.3 is 12.2 Å². The quantitative estimate of drug-likeness (QED) is 0.719. The number of hydrogen-bond acceptors (Lipinski definition) is 5. The molecule has 0 aliphatic heterocycles. The van der Waals surface area contributed by atoms with Crippen LogP contribution >= 0.6 is 0 Å². The number of carbonyl (C=O) groups is 2. The van der Waals surface area contributed by atoms with Crippen LogP contribution in [0.15, 0.2) is 29.1 Å². The van der Waals surface area contributed by atoms with Gasteiger partial charge in [-0.15, -0.1) is 0 Å². The van der Waals surface area contributed by atoms with Gasteiger partial charge in [0, 0.05) is 0 Å². The van der Waals surface area contributed by atoms with Crippen molar-refractivity contribution in [3.63, 3.8) is 0 Å². The predicted molar refractivity (Wildman–Crippen MR) is 86.3 cm³/mol. The van der Waals surface area contributed by atoms with E-state index in [0.717, 1.165) is 0 Å². The molecule has 1 aromatic heterocycles. The molecule has 0 aliphatic carbocycles. The van der Waals surface area contributed by atoms with Gasteiger partial charge in [-0.05, 0) is 19.2 Å². The van der Waals surface area contributed by atoms with Gasteiger partial charge in [-0.2, -0.15) is 13.2 Å². The number of hydrogen-bond donors (Lipinski definition) is 3. The maximum atomic E-state index is 12.0. The lowest BCUT2D eigenvalue weighted by molar-refractivity contribution is -0.125. The van der Waals surface area contributed by atoms with Gasteiger partial charge < -0.3 is 10.3 Å². The van der Waals surface area contributed by atoms with Crippen LogP contribution < -0.4 is 16.2 Å². The van der Waals surface area contributed by atoms with Crippen LogP contribution in [-0.4, -0.2) is 53.1 Å². The molecule has 11 heteroatoms. The number of imide groups is 1. The van der Waals surface area contributed by atoms with Crippen LogP contribution in [0.3, 0.4) is 0 Å². The number of halogens is 3. The minimum atomic E-state index is -4.56. The second-order valence-electron chi connectivity index (χ2n) is 5.55. The molecule has 1 heterocycles. The number of alkyl halides is 3. The summed E-state index contributed by atoms with van der Waals surface area (Å²) in [5, 5.41) is 3.75. The first-order valence-electron chi connectivity index (χ1n) is 7.45. The Labute approximate surface area is 145 Å². The van der Waals surface area contributed by atoms with Gasteiger partial charge in [0.25, 0.3) is 5.56 Å². The van der Waals surface area contributed by atoms with Crippen LogP contribution in [0.25, 0.3) is 10.9 Å². The zero-order valence-corrected chi connectivity index (χ0v) is 13.7. The molecule has 0 radical (unpaired) electrons. The Morgan fingerprint density at radius 1 is 1.27 bits per heavy atom. The number of rotatable bonds is 5. The second kappa shape index (κ2) is 7.95. The number of amides is 3. The highest BCUT2D eigenvalue weighted by atomic mass is 19.4. The number of aromatic amines is 1. The van der Waals surface area contributed by atoms with Crippen LogP contribution in [0.1, 0.15) is 5.82 Å². The number of para-hydroxylation sites is 1. The minimum Gasteiger partial charge on any atom is -0.329 e. The highest BCUT2D eigenvalue weighted by Gasteiger charge is 2.28. The van der Waals surface area contributed by atoms with Crippen LogP contribution in [0, 0.1) is 0 Å². The fourth-order valence-corrected chi connectivity index (χ4v) is 2.16. The highest BCUT2D eigenvalue weighted by Crippen LogP contribution is 2.11. The number of likely N-dealkylation sites (N-methyl/N-ethyl adjacent to an activating group) is 1. The SMILES string of the molecule is CN(CC(=O)NC(=O)NCC(F)(F)F)Cc1nc2ccccc2c(=O)[nH]1. The number of fused-ring (bicyclic) bond motifs is 1. The molecule has 0 spiro atoms. The van der Waals surface area contributed by atoms with Crippen LogP contribution in [-0.2, 0) is 11.3 Å². The Morgan fingerprint density at radius 3 is 2.65 bits per heavy atom. The number of aromatic nitrogens is 2. The average Bonchev–Trinajstić information content (AvgIpc) is 2.52. The molecule has 0 fully saturated rings. The van der Waals surface area contributed by atoms with Gasteiger partial charge in [-0.3, -0.25) is 19.8 Å². The first-order valence-corrected chi connectivity index (χ1v) is 7.45. The fourth-order valence-electron chi connectivity index (χ4n) is 2.16. The molecule has 0 saturated carbocycles. The topological polar surface area (TPSA) is 107 Å². The first-order chi connectivity index (χ1) is 12.1. The van der Waals surface area contributed by atoms with Crippen molar-refractivity contribution in [3.05, 3.63) is 40.4 Å². The molecule has 0 saturated heterocycles. The molecule has 2 rings (SSSR count). The monoisotopic (exact) mass is 371 g/mol. The minimum absolute atomic E-state index is 0.0949. The summed E-state index contributed by atoms with van der Waals surface area (Å²) in [7, 11) is 1.53. The normalized spacial score (nSPS) is 11.6. The zero-order chi connectivity index (χ0) is 19.3. The molecule has 0 atom stereocenters. The number of urea groups is 1. The number of carbonyl (C=O) groups excluding carboxylic acids is 2. The second-order valence-corrected chi connectivity index (χ2v) is 5.55. The van der Waals surface area contributed by atoms with E-state index in [1.54, 1.807) is 29.6 Å². The van der Waals surface area contributed by atoms with Crippen LogP contribution in [0.4, 0.5) is 18.0 Å². The Kier molecular flexibility index (Phi) is 5.93. The van der Waals surface area contributed by atoms with Gasteiger partial charge in [0.15, 0.2) is 0 Å². The summed E-state index contributed by atoms with van der Waals surface area (Å²) in [5.41, 5.74) is 0.172. The number of nitrogens with one attached hydrogen (secondary N) is 3. The van der Waals surface area contributed by atoms with E-state index < -0.39 is 24.7 Å². The van der Waals surface area contributed by atoms with Crippen molar-refractivity contribution >= 4 is 22.8 Å². The molecule has 2 aromatic rings. The Morgan fingerprint density at radius 2 is 1.96 bits per heavy atom. The first kappa shape index (κ1) is 19.4. The van der Waals surface area contributed by atoms with E-state index in [4.69, 9.17) is 0 Å². The van der Waals surface area contributed by atoms with Gasteiger partial charge in [-0.25, -0.2) is 9.78 Å². The summed E-state index contributed by atoms with van der Waals surface area (Å²) < 4.78 is 35.9. The van der Waals surface area contributed by atoms with Gasteiger partial charge in [-0.1, -0.05) is 12.1 Å². The molecule has 3 N–H and O–H groups in total. The molecule has 26 heavy (non-hydrogen) atoms. The van der Waals surface area contributed by atoms with Gasteiger partial charge in [0.05, 0.1) is 24.0 Å². The highest BCUT2D eigenvalue weighted by molar-refractivity contribution is 5.95. The molecule has 0 unspecified atom stereocenters. The van der Waals surface area contributed by atoms with E-state index in [-0.39, 0.29) is 18.6 Å². The van der Waals surface area contributed by atoms with E-state index >= 15 is 0 Å². The Balaban J connectivity index is 1.90. The van der Waals surface area contributed by atoms with Crippen LogP contribution in [0.2, 0.25) is 0 Å². The maximum Gasteiger partial charge on any atom is 0.405 e. The van der Waals surface area contributed by atoms with E-state index in [1.165, 1.54) is 17.3 Å². The molecule has 1 aromatic carbocycles. The zero-order valence-electron chi connectivity index (χ0n) is 13.7. The number of nitrogens with zero attached hydrogens (tertiary/aromatic N) is 2. The third-order valence-corrected chi connectivity index (χ3v) is 3.20. The summed E-state index contributed by atoms with van der Waals surface area (Å²) in [5.74, 6) is -0.485. The van der Waals surface area contributed by atoms with Crippen molar-refractivity contribution in [3.8, 4) is 0 Å². The van der Waals surface area contributed by atoms with Crippen molar-refractivity contribution in [2.75, 3.05) is 20.1 Å². The average molecular weight is 371 g/mol. The summed E-state index contributed by atoms with van der Waals surface area (Å²) in [4.78, 5) is 43.1. The van der Waals surface area contributed by atoms with E-state index in [2.05, 4.69) is 9.97 Å². The summed E-state index contributed by atoms with van der Waals surface area (Å²) >= 11 is 0. The van der Waals surface area contributed by atoms with Gasteiger partial charge in [0.2, 0.25) is 5.91 Å². The number of H-pyrrole nitrogens is 1. The van der Waals surface area contributed by atoms with E-state index in [9.17, 15) is 27.6 Å². The molecule has 140 valence electrons. The van der Waals surface area contributed by atoms with E-state index in [1.807, 2.05) is 0 Å². The molecule has 0 bridgehead atoms. The maximum absolute atomic E-state index is 12.0. The van der Waals surface area contributed by atoms with E-state index in [0.29, 0.717) is 16.7 Å². The third kappa shape index (κ3) is 5.84. The lowest BCUT2D eigenvalue weighted by Gasteiger charge is -2.16. The smallest absolute Gasteiger partial charge is 0.329 e. The molecule has 8 nitrogen and oxygen atoms in total. The molecule has 3 amide bonds. The van der Waals surface area contributed by atoms with Crippen molar-refractivity contribution in [1.29, 1.82) is 0 Å².